The van der Waals surface area contributed by atoms with Crippen molar-refractivity contribution in [3.05, 3.63) is 17.0 Å². The summed E-state index contributed by atoms with van der Waals surface area (Å²) in [6.45, 7) is 8.11. The van der Waals surface area contributed by atoms with E-state index in [9.17, 15) is 4.79 Å². The van der Waals surface area contributed by atoms with E-state index in [0.29, 0.717) is 18.3 Å². The molecule has 8 heteroatoms. The van der Waals surface area contributed by atoms with E-state index in [-0.39, 0.29) is 12.1 Å². The number of aromatic nitrogens is 3. The van der Waals surface area contributed by atoms with Crippen molar-refractivity contribution in [1.29, 1.82) is 0 Å². The van der Waals surface area contributed by atoms with Crippen molar-refractivity contribution in [2.45, 2.75) is 52.2 Å². The Labute approximate surface area is 138 Å². The van der Waals surface area contributed by atoms with Gasteiger partial charge in [0.2, 0.25) is 0 Å². The molecule has 1 fully saturated rings. The summed E-state index contributed by atoms with van der Waals surface area (Å²) < 4.78 is 10.8. The van der Waals surface area contributed by atoms with Crippen molar-refractivity contribution >= 4 is 17.4 Å². The van der Waals surface area contributed by atoms with E-state index in [1.807, 2.05) is 27.7 Å². The molecule has 0 N–H and O–H groups in total. The van der Waals surface area contributed by atoms with Crippen LogP contribution in [0.5, 0.6) is 0 Å². The number of hydrogen-bond donors (Lipinski definition) is 0. The third kappa shape index (κ3) is 3.36. The molecule has 1 aliphatic rings. The number of ether oxygens (including phenoxy) is 1. The zero-order chi connectivity index (χ0) is 16.6. The van der Waals surface area contributed by atoms with Crippen molar-refractivity contribution in [2.75, 3.05) is 6.54 Å². The number of likely N-dealkylation sites (tertiary alicyclic amines) is 1. The third-order valence-electron chi connectivity index (χ3n) is 3.56. The van der Waals surface area contributed by atoms with Gasteiger partial charge in [-0.15, -0.1) is 11.3 Å². The standard InChI is InChI=1S/C15H20N4O3S/c1-9-11(23-8-16-9)13-17-12(18-22-13)10-6-5-7-19(10)14(20)21-15(2,3)4/h8,10H,5-7H2,1-4H3/t10-/m0/s1. The molecular weight excluding hydrogens is 316 g/mol. The normalized spacial score (nSPS) is 18.4. The highest BCUT2D eigenvalue weighted by atomic mass is 32.1. The Morgan fingerprint density at radius 3 is 2.91 bits per heavy atom. The molecule has 1 amide bonds. The Balaban J connectivity index is 1.80. The second kappa shape index (κ2) is 5.92. The molecule has 0 spiro atoms. The average Bonchev–Trinajstić information content (AvgIpc) is 3.15. The Morgan fingerprint density at radius 1 is 1.48 bits per heavy atom. The Kier molecular flexibility index (Phi) is 4.09. The molecule has 23 heavy (non-hydrogen) atoms. The van der Waals surface area contributed by atoms with E-state index in [4.69, 9.17) is 9.26 Å². The number of carbonyl (C=O) groups is 1. The second-order valence-corrected chi connectivity index (χ2v) is 7.41. The molecule has 0 unspecified atom stereocenters. The van der Waals surface area contributed by atoms with Crippen LogP contribution in [0.2, 0.25) is 0 Å². The lowest BCUT2D eigenvalue weighted by Gasteiger charge is -2.27. The first-order chi connectivity index (χ1) is 10.8. The molecule has 0 bridgehead atoms. The maximum Gasteiger partial charge on any atom is 0.410 e. The molecule has 3 heterocycles. The summed E-state index contributed by atoms with van der Waals surface area (Å²) in [4.78, 5) is 23.5. The number of thiazole rings is 1. The maximum absolute atomic E-state index is 12.3. The number of nitrogens with zero attached hydrogens (tertiary/aromatic N) is 4. The lowest BCUT2D eigenvalue weighted by atomic mass is 10.2. The Bertz CT molecular complexity index is 704. The van der Waals surface area contributed by atoms with Crippen LogP contribution >= 0.6 is 11.3 Å². The number of hydrogen-bond acceptors (Lipinski definition) is 7. The Hall–Kier alpha value is -1.96. The smallest absolute Gasteiger partial charge is 0.410 e. The molecule has 0 aliphatic carbocycles. The number of carbonyl (C=O) groups excluding carboxylic acids is 1. The van der Waals surface area contributed by atoms with Crippen LogP contribution in [0.3, 0.4) is 0 Å². The van der Waals surface area contributed by atoms with Gasteiger partial charge in [0.15, 0.2) is 5.82 Å². The van der Waals surface area contributed by atoms with E-state index in [1.54, 1.807) is 10.4 Å². The van der Waals surface area contributed by atoms with Crippen molar-refractivity contribution < 1.29 is 14.1 Å². The minimum atomic E-state index is -0.521. The topological polar surface area (TPSA) is 81.4 Å². The van der Waals surface area contributed by atoms with Crippen molar-refractivity contribution in [2.24, 2.45) is 0 Å². The van der Waals surface area contributed by atoms with E-state index in [2.05, 4.69) is 15.1 Å². The van der Waals surface area contributed by atoms with Gasteiger partial charge in [0.05, 0.1) is 17.2 Å². The van der Waals surface area contributed by atoms with Gasteiger partial charge in [-0.25, -0.2) is 9.78 Å². The fourth-order valence-electron chi connectivity index (χ4n) is 2.54. The molecule has 3 rings (SSSR count). The molecule has 1 saturated heterocycles. The molecular formula is C15H20N4O3S. The van der Waals surface area contributed by atoms with Gasteiger partial charge in [0.1, 0.15) is 10.5 Å². The lowest BCUT2D eigenvalue weighted by molar-refractivity contribution is 0.0217. The molecule has 2 aromatic heterocycles. The largest absolute Gasteiger partial charge is 0.444 e. The molecule has 7 nitrogen and oxygen atoms in total. The maximum atomic E-state index is 12.3. The minimum absolute atomic E-state index is 0.199. The summed E-state index contributed by atoms with van der Waals surface area (Å²) in [6.07, 6.45) is 1.37. The minimum Gasteiger partial charge on any atom is -0.444 e. The summed E-state index contributed by atoms with van der Waals surface area (Å²) in [7, 11) is 0. The van der Waals surface area contributed by atoms with Gasteiger partial charge in [-0.05, 0) is 40.5 Å². The molecule has 0 saturated carbocycles. The molecule has 1 aliphatic heterocycles. The van der Waals surface area contributed by atoms with Gasteiger partial charge >= 0.3 is 6.09 Å². The quantitative estimate of drug-likeness (QED) is 0.834. The van der Waals surface area contributed by atoms with E-state index in [0.717, 1.165) is 23.4 Å². The first kappa shape index (κ1) is 15.9. The lowest BCUT2D eigenvalue weighted by Crippen LogP contribution is -2.36. The third-order valence-corrected chi connectivity index (χ3v) is 4.48. The average molecular weight is 336 g/mol. The molecule has 2 aromatic rings. The van der Waals surface area contributed by atoms with Crippen LogP contribution in [0.4, 0.5) is 4.79 Å². The summed E-state index contributed by atoms with van der Waals surface area (Å²) in [5.74, 6) is 0.979. The zero-order valence-corrected chi connectivity index (χ0v) is 14.5. The van der Waals surface area contributed by atoms with Crippen LogP contribution in [0.1, 0.15) is 51.2 Å². The van der Waals surface area contributed by atoms with Gasteiger partial charge in [-0.2, -0.15) is 4.98 Å². The number of amides is 1. The van der Waals surface area contributed by atoms with Crippen LogP contribution < -0.4 is 0 Å². The van der Waals surface area contributed by atoms with Crippen LogP contribution in [0.25, 0.3) is 10.8 Å². The fraction of sp³-hybridized carbons (Fsp3) is 0.600. The SMILES string of the molecule is Cc1ncsc1-c1nc([C@@H]2CCCN2C(=O)OC(C)(C)C)no1. The molecule has 0 aromatic carbocycles. The van der Waals surface area contributed by atoms with Gasteiger partial charge < -0.3 is 9.26 Å². The predicted molar refractivity (Wildman–Crippen MR) is 85.1 cm³/mol. The second-order valence-electron chi connectivity index (χ2n) is 6.56. The summed E-state index contributed by atoms with van der Waals surface area (Å²) >= 11 is 1.46. The predicted octanol–water partition coefficient (Wildman–Crippen LogP) is 3.57. The highest BCUT2D eigenvalue weighted by Gasteiger charge is 2.36. The zero-order valence-electron chi connectivity index (χ0n) is 13.7. The highest BCUT2D eigenvalue weighted by molar-refractivity contribution is 7.13. The fourth-order valence-corrected chi connectivity index (χ4v) is 3.27. The van der Waals surface area contributed by atoms with Crippen molar-refractivity contribution in [1.82, 2.24) is 20.0 Å². The van der Waals surface area contributed by atoms with Crippen LogP contribution in [0, 0.1) is 6.92 Å². The summed E-state index contributed by atoms with van der Waals surface area (Å²) in [6, 6.07) is -0.199. The number of aryl methyl sites for hydroxylation is 1. The van der Waals surface area contributed by atoms with Gasteiger partial charge in [-0.1, -0.05) is 5.16 Å². The first-order valence-corrected chi connectivity index (χ1v) is 8.47. The van der Waals surface area contributed by atoms with E-state index in [1.165, 1.54) is 11.3 Å². The molecule has 0 radical (unpaired) electrons. The summed E-state index contributed by atoms with van der Waals surface area (Å²) in [5.41, 5.74) is 2.09. The molecule has 1 atom stereocenters. The first-order valence-electron chi connectivity index (χ1n) is 7.59. The van der Waals surface area contributed by atoms with Crippen molar-refractivity contribution in [3.63, 3.8) is 0 Å². The van der Waals surface area contributed by atoms with Gasteiger partial charge in [0, 0.05) is 6.54 Å². The monoisotopic (exact) mass is 336 g/mol. The Morgan fingerprint density at radius 2 is 2.26 bits per heavy atom. The van der Waals surface area contributed by atoms with Crippen LogP contribution in [-0.4, -0.2) is 38.3 Å². The van der Waals surface area contributed by atoms with E-state index < -0.39 is 5.60 Å². The van der Waals surface area contributed by atoms with E-state index >= 15 is 0 Å². The van der Waals surface area contributed by atoms with Crippen LogP contribution in [-0.2, 0) is 4.74 Å². The highest BCUT2D eigenvalue weighted by Crippen LogP contribution is 2.33. The van der Waals surface area contributed by atoms with Crippen LogP contribution in [0.15, 0.2) is 10.0 Å². The van der Waals surface area contributed by atoms with Crippen molar-refractivity contribution in [3.8, 4) is 10.8 Å². The molecule has 124 valence electrons. The number of rotatable bonds is 2. The van der Waals surface area contributed by atoms with Gasteiger partial charge in [0.25, 0.3) is 5.89 Å². The summed E-state index contributed by atoms with van der Waals surface area (Å²) in [5, 5.41) is 4.07. The van der Waals surface area contributed by atoms with Gasteiger partial charge in [-0.3, -0.25) is 4.90 Å².